The first-order chi connectivity index (χ1) is 16.7. The summed E-state index contributed by atoms with van der Waals surface area (Å²) in [7, 11) is 0. The standard InChI is InChI=1S/C27H29FN2O5/c1-4-27(5-2,26(34)35)22-14-13-21(17-9-8-10-18(28)15-17)30(22)23(31)16(3)29-24(32)19-11-6-7-12-20(19)25(29)33/h6-12,15-16,21-22H,4-5,13-14H2,1-3H3,(H,34,35)/t16-,21+,22-/m1/s1. The first-order valence-corrected chi connectivity index (χ1v) is 12.0. The Kier molecular flexibility index (Phi) is 6.49. The summed E-state index contributed by atoms with van der Waals surface area (Å²) in [4.78, 5) is 55.1. The van der Waals surface area contributed by atoms with E-state index in [4.69, 9.17) is 0 Å². The minimum absolute atomic E-state index is 0.235. The summed E-state index contributed by atoms with van der Waals surface area (Å²) in [5, 5.41) is 10.2. The third-order valence-corrected chi connectivity index (χ3v) is 7.77. The Hall–Kier alpha value is -3.55. The van der Waals surface area contributed by atoms with Crippen molar-refractivity contribution < 1.29 is 28.7 Å². The number of fused-ring (bicyclic) bond motifs is 1. The van der Waals surface area contributed by atoms with Crippen LogP contribution in [0, 0.1) is 11.2 Å². The number of likely N-dealkylation sites (tertiary alicyclic amines) is 1. The highest BCUT2D eigenvalue weighted by atomic mass is 19.1. The van der Waals surface area contributed by atoms with Crippen molar-refractivity contribution in [1.29, 1.82) is 0 Å². The van der Waals surface area contributed by atoms with Crippen molar-refractivity contribution in [3.8, 4) is 0 Å². The summed E-state index contributed by atoms with van der Waals surface area (Å²) in [6.45, 7) is 5.05. The number of aliphatic carboxylic acids is 1. The van der Waals surface area contributed by atoms with Gasteiger partial charge in [0.15, 0.2) is 0 Å². The molecule has 2 aromatic rings. The van der Waals surface area contributed by atoms with Gasteiger partial charge in [0.05, 0.1) is 22.6 Å². The van der Waals surface area contributed by atoms with Crippen LogP contribution in [-0.2, 0) is 9.59 Å². The molecule has 0 aliphatic carbocycles. The molecule has 0 saturated carbocycles. The summed E-state index contributed by atoms with van der Waals surface area (Å²) in [6.07, 6.45) is 1.45. The highest BCUT2D eigenvalue weighted by Crippen LogP contribution is 2.47. The predicted molar refractivity (Wildman–Crippen MR) is 126 cm³/mol. The minimum atomic E-state index is -1.21. The molecular formula is C27H29FN2O5. The van der Waals surface area contributed by atoms with Gasteiger partial charge in [-0.05, 0) is 62.4 Å². The highest BCUT2D eigenvalue weighted by molar-refractivity contribution is 6.22. The van der Waals surface area contributed by atoms with Crippen molar-refractivity contribution in [2.75, 3.05) is 0 Å². The number of carbonyl (C=O) groups excluding carboxylic acids is 3. The molecular weight excluding hydrogens is 451 g/mol. The second-order valence-corrected chi connectivity index (χ2v) is 9.28. The molecule has 1 fully saturated rings. The van der Waals surface area contributed by atoms with Crippen LogP contribution in [0.2, 0.25) is 0 Å². The average Bonchev–Trinajstić information content (AvgIpc) is 3.39. The Morgan fingerprint density at radius 2 is 1.63 bits per heavy atom. The van der Waals surface area contributed by atoms with Crippen molar-refractivity contribution >= 4 is 23.7 Å². The number of carboxylic acid groups (broad SMARTS) is 1. The van der Waals surface area contributed by atoms with Crippen LogP contribution in [-0.4, -0.2) is 50.7 Å². The van der Waals surface area contributed by atoms with E-state index in [9.17, 15) is 28.7 Å². The third kappa shape index (κ3) is 3.81. The highest BCUT2D eigenvalue weighted by Gasteiger charge is 2.54. The minimum Gasteiger partial charge on any atom is -0.481 e. The summed E-state index contributed by atoms with van der Waals surface area (Å²) >= 11 is 0. The smallest absolute Gasteiger partial charge is 0.311 e. The zero-order valence-corrected chi connectivity index (χ0v) is 20.0. The second kappa shape index (κ2) is 9.24. The van der Waals surface area contributed by atoms with Gasteiger partial charge in [0.25, 0.3) is 11.8 Å². The van der Waals surface area contributed by atoms with Crippen LogP contribution in [0.4, 0.5) is 4.39 Å². The molecule has 3 amide bonds. The lowest BCUT2D eigenvalue weighted by Crippen LogP contribution is -2.56. The van der Waals surface area contributed by atoms with E-state index in [-0.39, 0.29) is 11.1 Å². The van der Waals surface area contributed by atoms with Gasteiger partial charge >= 0.3 is 5.97 Å². The van der Waals surface area contributed by atoms with Crippen molar-refractivity contribution in [3.05, 3.63) is 71.0 Å². The number of halogens is 1. The summed E-state index contributed by atoms with van der Waals surface area (Å²) in [5.41, 5.74) is -0.182. The molecule has 0 aromatic heterocycles. The van der Waals surface area contributed by atoms with Crippen LogP contribution < -0.4 is 0 Å². The van der Waals surface area contributed by atoms with Crippen LogP contribution in [0.15, 0.2) is 48.5 Å². The fourth-order valence-corrected chi connectivity index (χ4v) is 5.75. The molecule has 1 saturated heterocycles. The molecule has 2 heterocycles. The number of nitrogens with zero attached hydrogens (tertiary/aromatic N) is 2. The molecule has 0 radical (unpaired) electrons. The lowest BCUT2D eigenvalue weighted by molar-refractivity contribution is -0.157. The molecule has 4 rings (SSSR count). The Labute approximate surface area is 203 Å². The van der Waals surface area contributed by atoms with E-state index < -0.39 is 53.0 Å². The molecule has 0 spiro atoms. The fraction of sp³-hybridized carbons (Fsp3) is 0.407. The number of imide groups is 1. The maximum absolute atomic E-state index is 14.1. The van der Waals surface area contributed by atoms with Gasteiger partial charge in [-0.25, -0.2) is 4.39 Å². The zero-order chi connectivity index (χ0) is 25.5. The summed E-state index contributed by atoms with van der Waals surface area (Å²) < 4.78 is 14.1. The van der Waals surface area contributed by atoms with Gasteiger partial charge in [0.2, 0.25) is 5.91 Å². The van der Waals surface area contributed by atoms with Gasteiger partial charge in [-0.15, -0.1) is 0 Å². The maximum Gasteiger partial charge on any atom is 0.311 e. The third-order valence-electron chi connectivity index (χ3n) is 7.77. The second-order valence-electron chi connectivity index (χ2n) is 9.28. The normalized spacial score (nSPS) is 20.8. The monoisotopic (exact) mass is 480 g/mol. The van der Waals surface area contributed by atoms with E-state index in [0.29, 0.717) is 31.2 Å². The van der Waals surface area contributed by atoms with Crippen molar-refractivity contribution in [2.24, 2.45) is 5.41 Å². The van der Waals surface area contributed by atoms with Gasteiger partial charge < -0.3 is 10.0 Å². The molecule has 7 nitrogen and oxygen atoms in total. The number of amides is 3. The summed E-state index contributed by atoms with van der Waals surface area (Å²) in [5.74, 6) is -3.09. The van der Waals surface area contributed by atoms with Crippen LogP contribution in [0.3, 0.4) is 0 Å². The Morgan fingerprint density at radius 1 is 1.03 bits per heavy atom. The Bertz CT molecular complexity index is 1160. The molecule has 0 bridgehead atoms. The van der Waals surface area contributed by atoms with Gasteiger partial charge in [-0.3, -0.25) is 24.1 Å². The predicted octanol–water partition coefficient (Wildman–Crippen LogP) is 4.43. The first kappa shape index (κ1) is 24.6. The van der Waals surface area contributed by atoms with Crippen molar-refractivity contribution in [1.82, 2.24) is 9.80 Å². The van der Waals surface area contributed by atoms with E-state index in [0.717, 1.165) is 4.90 Å². The maximum atomic E-state index is 14.1. The molecule has 35 heavy (non-hydrogen) atoms. The molecule has 1 N–H and O–H groups in total. The molecule has 184 valence electrons. The lowest BCUT2D eigenvalue weighted by atomic mass is 9.74. The van der Waals surface area contributed by atoms with E-state index in [1.807, 2.05) is 0 Å². The number of hydrogen-bond donors (Lipinski definition) is 1. The number of carboxylic acids is 1. The van der Waals surface area contributed by atoms with Gasteiger partial charge in [-0.1, -0.05) is 38.1 Å². The topological polar surface area (TPSA) is 95.0 Å². The van der Waals surface area contributed by atoms with Crippen LogP contribution in [0.1, 0.15) is 78.8 Å². The van der Waals surface area contributed by atoms with Crippen LogP contribution in [0.25, 0.3) is 0 Å². The Balaban J connectivity index is 1.76. The molecule has 8 heteroatoms. The van der Waals surface area contributed by atoms with E-state index in [1.165, 1.54) is 24.0 Å². The number of benzene rings is 2. The fourth-order valence-electron chi connectivity index (χ4n) is 5.75. The zero-order valence-electron chi connectivity index (χ0n) is 20.0. The van der Waals surface area contributed by atoms with Crippen molar-refractivity contribution in [2.45, 2.75) is 64.6 Å². The van der Waals surface area contributed by atoms with E-state index in [1.54, 1.807) is 50.2 Å². The van der Waals surface area contributed by atoms with Crippen LogP contribution >= 0.6 is 0 Å². The molecule has 2 aromatic carbocycles. The Morgan fingerprint density at radius 3 is 2.14 bits per heavy atom. The van der Waals surface area contributed by atoms with E-state index >= 15 is 0 Å². The molecule has 0 unspecified atom stereocenters. The van der Waals surface area contributed by atoms with Gasteiger partial charge in [0.1, 0.15) is 11.9 Å². The van der Waals surface area contributed by atoms with Crippen LogP contribution in [0.5, 0.6) is 0 Å². The van der Waals surface area contributed by atoms with E-state index in [2.05, 4.69) is 0 Å². The molecule has 2 aliphatic heterocycles. The molecule has 2 aliphatic rings. The number of rotatable bonds is 7. The first-order valence-electron chi connectivity index (χ1n) is 12.0. The van der Waals surface area contributed by atoms with Gasteiger partial charge in [0, 0.05) is 6.04 Å². The SMILES string of the molecule is CCC(CC)(C(=O)O)[C@H]1CC[C@@H](c2cccc(F)c2)N1C(=O)[C@@H](C)N1C(=O)c2ccccc2C1=O. The van der Waals surface area contributed by atoms with Crippen molar-refractivity contribution in [3.63, 3.8) is 0 Å². The van der Waals surface area contributed by atoms with Gasteiger partial charge in [-0.2, -0.15) is 0 Å². The number of hydrogen-bond acceptors (Lipinski definition) is 4. The number of carbonyl (C=O) groups is 4. The average molecular weight is 481 g/mol. The summed E-state index contributed by atoms with van der Waals surface area (Å²) in [6, 6.07) is 9.92. The largest absolute Gasteiger partial charge is 0.481 e. The quantitative estimate of drug-likeness (QED) is 0.592. The molecule has 3 atom stereocenters. The lowest BCUT2D eigenvalue weighted by Gasteiger charge is -2.42.